The average Bonchev–Trinajstić information content (AvgIpc) is 2.25. The second kappa shape index (κ2) is 5.04. The first-order valence-electron chi connectivity index (χ1n) is 5.47. The van der Waals surface area contributed by atoms with Crippen molar-refractivity contribution in [3.63, 3.8) is 0 Å². The molecule has 0 N–H and O–H groups in total. The number of benzene rings is 2. The van der Waals surface area contributed by atoms with Crippen LogP contribution in [0.4, 0.5) is 0 Å². The molecule has 2 aromatic rings. The van der Waals surface area contributed by atoms with Gasteiger partial charge in [-0.25, -0.2) is 0 Å². The molecule has 0 bridgehead atoms. The van der Waals surface area contributed by atoms with E-state index in [2.05, 4.69) is 63.2 Å². The molecule has 0 spiro atoms. The number of aryl methyl sites for hydroxylation is 3. The van der Waals surface area contributed by atoms with E-state index in [1.165, 1.54) is 20.3 Å². The number of hydrogen-bond acceptors (Lipinski definition) is 0. The summed E-state index contributed by atoms with van der Waals surface area (Å²) in [5, 5.41) is 0. The molecule has 16 heavy (non-hydrogen) atoms. The van der Waals surface area contributed by atoms with Crippen molar-refractivity contribution in [2.45, 2.75) is 20.8 Å². The van der Waals surface area contributed by atoms with Crippen LogP contribution >= 0.6 is 0 Å². The minimum absolute atomic E-state index is 0.222. The Hall–Kier alpha value is -0.770. The Kier molecular flexibility index (Phi) is 3.69. The molecule has 0 radical (unpaired) electrons. The molecule has 0 aliphatic heterocycles. The normalized spacial score (nSPS) is 10.4. The zero-order valence-electron chi connectivity index (χ0n) is 9.95. The van der Waals surface area contributed by atoms with Gasteiger partial charge in [0.15, 0.2) is 0 Å². The molecule has 0 saturated carbocycles. The van der Waals surface area contributed by atoms with E-state index in [1.807, 2.05) is 0 Å². The van der Waals surface area contributed by atoms with Gasteiger partial charge in [-0.3, -0.25) is 0 Å². The first kappa shape index (κ1) is 11.7. The van der Waals surface area contributed by atoms with Crippen LogP contribution in [0.5, 0.6) is 0 Å². The quantitative estimate of drug-likeness (QED) is 0.744. The molecule has 0 aromatic heterocycles. The fraction of sp³-hybridized carbons (Fsp3) is 0.200. The van der Waals surface area contributed by atoms with Gasteiger partial charge < -0.3 is 0 Å². The molecule has 0 atom stereocenters. The van der Waals surface area contributed by atoms with E-state index in [0.29, 0.717) is 0 Å². The molecule has 0 aliphatic carbocycles. The second-order valence-corrected chi connectivity index (χ2v) is 7.24. The molecule has 0 nitrogen and oxygen atoms in total. The van der Waals surface area contributed by atoms with Crippen LogP contribution in [-0.2, 0) is 0 Å². The molecule has 0 saturated heterocycles. The Bertz CT molecular complexity index is 463. The fourth-order valence-corrected chi connectivity index (χ4v) is 4.70. The van der Waals surface area contributed by atoms with Crippen molar-refractivity contribution in [2.75, 3.05) is 0 Å². The summed E-state index contributed by atoms with van der Waals surface area (Å²) >= 11 is -0.222. The van der Waals surface area contributed by atoms with Crippen molar-refractivity contribution in [3.05, 3.63) is 59.2 Å². The zero-order chi connectivity index (χ0) is 11.5. The first-order valence-corrected chi connectivity index (χ1v) is 7.80. The van der Waals surface area contributed by atoms with E-state index in [-0.39, 0.29) is 20.9 Å². The Morgan fingerprint density at radius 3 is 1.94 bits per heavy atom. The van der Waals surface area contributed by atoms with Crippen LogP contribution < -0.4 is 7.22 Å². The van der Waals surface area contributed by atoms with Crippen molar-refractivity contribution in [2.24, 2.45) is 0 Å². The van der Waals surface area contributed by atoms with E-state index in [4.69, 9.17) is 0 Å². The van der Waals surface area contributed by atoms with Crippen LogP contribution in [-0.4, -0.2) is 20.9 Å². The van der Waals surface area contributed by atoms with Crippen LogP contribution in [0, 0.1) is 20.8 Å². The van der Waals surface area contributed by atoms with Crippen molar-refractivity contribution in [1.82, 2.24) is 0 Å². The predicted molar refractivity (Wildman–Crippen MR) is 72.1 cm³/mol. The van der Waals surface area contributed by atoms with Crippen LogP contribution in [0.3, 0.4) is 0 Å². The van der Waals surface area contributed by atoms with E-state index in [9.17, 15) is 0 Å². The first-order chi connectivity index (χ1) is 7.66. The van der Waals surface area contributed by atoms with Gasteiger partial charge in [0.1, 0.15) is 0 Å². The van der Waals surface area contributed by atoms with Crippen LogP contribution in [0.1, 0.15) is 16.7 Å². The third kappa shape index (κ3) is 2.67. The summed E-state index contributed by atoms with van der Waals surface area (Å²) in [6, 6.07) is 15.5. The number of hydrogen-bond donors (Lipinski definition) is 0. The molecular weight excluding hydrogens is 308 g/mol. The van der Waals surface area contributed by atoms with Crippen molar-refractivity contribution in [3.8, 4) is 0 Å². The summed E-state index contributed by atoms with van der Waals surface area (Å²) in [7, 11) is 0. The summed E-state index contributed by atoms with van der Waals surface area (Å²) in [4.78, 5) is 0. The van der Waals surface area contributed by atoms with Crippen LogP contribution in [0.25, 0.3) is 0 Å². The third-order valence-electron chi connectivity index (χ3n) is 2.57. The summed E-state index contributed by atoms with van der Waals surface area (Å²) in [6.07, 6.45) is 0. The van der Waals surface area contributed by atoms with Gasteiger partial charge in [0.05, 0.1) is 0 Å². The van der Waals surface area contributed by atoms with E-state index >= 15 is 0 Å². The van der Waals surface area contributed by atoms with Crippen molar-refractivity contribution >= 4 is 28.1 Å². The van der Waals surface area contributed by atoms with Gasteiger partial charge in [-0.05, 0) is 0 Å². The Labute approximate surface area is 108 Å². The van der Waals surface area contributed by atoms with E-state index in [1.54, 1.807) is 3.61 Å². The molecule has 2 aromatic carbocycles. The van der Waals surface area contributed by atoms with Gasteiger partial charge in [0.25, 0.3) is 0 Å². The predicted octanol–water partition coefficient (Wildman–Crippen LogP) is 2.27. The fourth-order valence-electron chi connectivity index (χ4n) is 1.93. The molecule has 0 aliphatic rings. The summed E-state index contributed by atoms with van der Waals surface area (Å²) in [6.45, 7) is 6.65. The van der Waals surface area contributed by atoms with Gasteiger partial charge in [-0.15, -0.1) is 0 Å². The van der Waals surface area contributed by atoms with Crippen LogP contribution in [0.2, 0.25) is 0 Å². The summed E-state index contributed by atoms with van der Waals surface area (Å²) in [5.41, 5.74) is 4.30. The third-order valence-corrected chi connectivity index (χ3v) is 6.44. The number of rotatable bonds is 2. The summed E-state index contributed by atoms with van der Waals surface area (Å²) < 4.78 is 3.12. The Morgan fingerprint density at radius 2 is 1.38 bits per heavy atom. The molecule has 0 fully saturated rings. The maximum atomic E-state index is 2.30. The van der Waals surface area contributed by atoms with E-state index < -0.39 is 0 Å². The van der Waals surface area contributed by atoms with Gasteiger partial charge >= 0.3 is 108 Å². The maximum absolute atomic E-state index is 2.30. The molecule has 0 heterocycles. The summed E-state index contributed by atoms with van der Waals surface area (Å²) in [5.74, 6) is 0. The average molecular weight is 324 g/mol. The molecule has 2 rings (SSSR count). The monoisotopic (exact) mass is 326 g/mol. The standard InChI is InChI=1S/C15H16Te/c1-11-9-12(2)15(13(3)10-11)16-14-7-5-4-6-8-14/h4-10H,1-3H3. The molecular formula is C15H16Te. The zero-order valence-corrected chi connectivity index (χ0v) is 12.3. The van der Waals surface area contributed by atoms with Gasteiger partial charge in [-0.2, -0.15) is 0 Å². The Balaban J connectivity index is 2.35. The molecule has 1 heteroatoms. The molecule has 0 amide bonds. The topological polar surface area (TPSA) is 0 Å². The Morgan fingerprint density at radius 1 is 0.812 bits per heavy atom. The SMILES string of the molecule is Cc1cc(C)c([Te]c2ccccc2)c(C)c1. The van der Waals surface area contributed by atoms with Crippen molar-refractivity contribution < 1.29 is 0 Å². The molecule has 82 valence electrons. The van der Waals surface area contributed by atoms with Crippen LogP contribution in [0.15, 0.2) is 42.5 Å². The minimum atomic E-state index is -0.222. The van der Waals surface area contributed by atoms with Gasteiger partial charge in [0, 0.05) is 0 Å². The molecule has 0 unspecified atom stereocenters. The van der Waals surface area contributed by atoms with Gasteiger partial charge in [0.2, 0.25) is 0 Å². The second-order valence-electron chi connectivity index (χ2n) is 4.14. The van der Waals surface area contributed by atoms with Gasteiger partial charge in [-0.1, -0.05) is 0 Å². The van der Waals surface area contributed by atoms with E-state index in [0.717, 1.165) is 0 Å². The van der Waals surface area contributed by atoms with Crippen molar-refractivity contribution in [1.29, 1.82) is 0 Å².